The van der Waals surface area contributed by atoms with Crippen LogP contribution < -0.4 is 5.32 Å². The van der Waals surface area contributed by atoms with Crippen LogP contribution in [0.5, 0.6) is 0 Å². The van der Waals surface area contributed by atoms with Gasteiger partial charge in [0.2, 0.25) is 0 Å². The quantitative estimate of drug-likeness (QED) is 0.688. The van der Waals surface area contributed by atoms with Crippen LogP contribution in [0, 0.1) is 0 Å². The fraction of sp³-hybridized carbons (Fsp3) is 0.500. The molecular formula is C24H33N. The summed E-state index contributed by atoms with van der Waals surface area (Å²) < 4.78 is 0. The van der Waals surface area contributed by atoms with E-state index in [4.69, 9.17) is 0 Å². The van der Waals surface area contributed by atoms with Crippen molar-refractivity contribution < 1.29 is 0 Å². The van der Waals surface area contributed by atoms with Gasteiger partial charge in [-0.15, -0.1) is 0 Å². The molecule has 2 aromatic rings. The molecular weight excluding hydrogens is 302 g/mol. The van der Waals surface area contributed by atoms with E-state index in [-0.39, 0.29) is 11.1 Å². The summed E-state index contributed by atoms with van der Waals surface area (Å²) in [6.45, 7) is 11.5. The maximum atomic E-state index is 3.78. The zero-order valence-corrected chi connectivity index (χ0v) is 16.5. The van der Waals surface area contributed by atoms with E-state index in [2.05, 4.69) is 88.5 Å². The molecule has 1 aliphatic rings. The van der Waals surface area contributed by atoms with Crippen molar-refractivity contribution in [2.75, 3.05) is 0 Å². The van der Waals surface area contributed by atoms with Crippen LogP contribution in [-0.2, 0) is 6.42 Å². The Kier molecular flexibility index (Phi) is 5.06. The van der Waals surface area contributed by atoms with Gasteiger partial charge in [0.1, 0.15) is 0 Å². The third-order valence-electron chi connectivity index (χ3n) is 5.40. The SMILES string of the molecule is CCCc1ccc(-c2ccc(C3CC(C)(C)NC(C)(C)C3)cc2)cc1. The molecule has 1 aliphatic heterocycles. The minimum atomic E-state index is 0.195. The van der Waals surface area contributed by atoms with Gasteiger partial charge in [0.15, 0.2) is 0 Å². The zero-order chi connectivity index (χ0) is 18.1. The van der Waals surface area contributed by atoms with Gasteiger partial charge in [-0.05, 0) is 75.1 Å². The Balaban J connectivity index is 1.78. The first-order valence-corrected chi connectivity index (χ1v) is 9.77. The van der Waals surface area contributed by atoms with Crippen LogP contribution in [0.25, 0.3) is 11.1 Å². The van der Waals surface area contributed by atoms with E-state index in [9.17, 15) is 0 Å². The van der Waals surface area contributed by atoms with E-state index in [0.29, 0.717) is 5.92 Å². The molecule has 0 bridgehead atoms. The molecule has 1 saturated heterocycles. The summed E-state index contributed by atoms with van der Waals surface area (Å²) >= 11 is 0. The van der Waals surface area contributed by atoms with Gasteiger partial charge >= 0.3 is 0 Å². The molecule has 0 unspecified atom stereocenters. The lowest BCUT2D eigenvalue weighted by atomic mass is 9.73. The van der Waals surface area contributed by atoms with Gasteiger partial charge in [0.05, 0.1) is 0 Å². The van der Waals surface area contributed by atoms with Gasteiger partial charge in [-0.2, -0.15) is 0 Å². The highest BCUT2D eigenvalue weighted by Crippen LogP contribution is 2.39. The van der Waals surface area contributed by atoms with Gasteiger partial charge in [-0.25, -0.2) is 0 Å². The van der Waals surface area contributed by atoms with Gasteiger partial charge in [0, 0.05) is 11.1 Å². The molecule has 0 spiro atoms. The lowest BCUT2D eigenvalue weighted by Gasteiger charge is -2.46. The van der Waals surface area contributed by atoms with Crippen molar-refractivity contribution in [3.05, 3.63) is 59.7 Å². The number of aryl methyl sites for hydroxylation is 1. The van der Waals surface area contributed by atoms with E-state index in [1.54, 1.807) is 0 Å². The average Bonchev–Trinajstić information content (AvgIpc) is 2.53. The fourth-order valence-corrected chi connectivity index (χ4v) is 4.66. The van der Waals surface area contributed by atoms with Gasteiger partial charge in [0.25, 0.3) is 0 Å². The van der Waals surface area contributed by atoms with E-state index >= 15 is 0 Å². The fourth-order valence-electron chi connectivity index (χ4n) is 4.66. The Labute approximate surface area is 153 Å². The van der Waals surface area contributed by atoms with Crippen molar-refractivity contribution in [1.82, 2.24) is 5.32 Å². The molecule has 1 heteroatoms. The van der Waals surface area contributed by atoms with Crippen LogP contribution in [0.15, 0.2) is 48.5 Å². The molecule has 0 atom stereocenters. The van der Waals surface area contributed by atoms with Crippen molar-refractivity contribution in [3.8, 4) is 11.1 Å². The number of hydrogen-bond donors (Lipinski definition) is 1. The minimum absolute atomic E-state index is 0.195. The van der Waals surface area contributed by atoms with E-state index in [0.717, 1.165) is 0 Å². The minimum Gasteiger partial charge on any atom is -0.307 e. The molecule has 0 amide bonds. The molecule has 0 aromatic heterocycles. The van der Waals surface area contributed by atoms with Crippen molar-refractivity contribution in [2.45, 2.75) is 77.3 Å². The van der Waals surface area contributed by atoms with Gasteiger partial charge < -0.3 is 5.32 Å². The lowest BCUT2D eigenvalue weighted by Crippen LogP contribution is -2.57. The molecule has 0 aliphatic carbocycles. The van der Waals surface area contributed by atoms with Crippen LogP contribution >= 0.6 is 0 Å². The Bertz CT molecular complexity index is 676. The number of nitrogens with one attached hydrogen (secondary N) is 1. The third-order valence-corrected chi connectivity index (χ3v) is 5.40. The molecule has 1 heterocycles. The summed E-state index contributed by atoms with van der Waals surface area (Å²) in [6, 6.07) is 18.3. The van der Waals surface area contributed by atoms with E-state index in [1.807, 2.05) is 0 Å². The van der Waals surface area contributed by atoms with Gasteiger partial charge in [-0.3, -0.25) is 0 Å². The molecule has 0 saturated carbocycles. The summed E-state index contributed by atoms with van der Waals surface area (Å²) in [5.74, 6) is 0.632. The largest absolute Gasteiger partial charge is 0.307 e. The first-order valence-electron chi connectivity index (χ1n) is 9.77. The number of hydrogen-bond acceptors (Lipinski definition) is 1. The first-order chi connectivity index (χ1) is 11.8. The second kappa shape index (κ2) is 6.96. The summed E-state index contributed by atoms with van der Waals surface area (Å²) in [6.07, 6.45) is 4.76. The van der Waals surface area contributed by atoms with E-state index in [1.165, 1.54) is 47.9 Å². The average molecular weight is 336 g/mol. The van der Waals surface area contributed by atoms with Crippen molar-refractivity contribution in [3.63, 3.8) is 0 Å². The van der Waals surface area contributed by atoms with Gasteiger partial charge in [-0.1, -0.05) is 61.9 Å². The highest BCUT2D eigenvalue weighted by Gasteiger charge is 2.38. The maximum Gasteiger partial charge on any atom is 0.0135 e. The molecule has 0 radical (unpaired) electrons. The van der Waals surface area contributed by atoms with Crippen LogP contribution in [-0.4, -0.2) is 11.1 Å². The molecule has 25 heavy (non-hydrogen) atoms. The smallest absolute Gasteiger partial charge is 0.0135 e. The maximum absolute atomic E-state index is 3.78. The van der Waals surface area contributed by atoms with Crippen molar-refractivity contribution in [1.29, 1.82) is 0 Å². The predicted octanol–water partition coefficient (Wildman–Crippen LogP) is 6.33. The second-order valence-corrected chi connectivity index (χ2v) is 9.07. The monoisotopic (exact) mass is 335 g/mol. The van der Waals surface area contributed by atoms with Crippen molar-refractivity contribution in [2.24, 2.45) is 0 Å². The molecule has 1 fully saturated rings. The normalized spacial score (nSPS) is 19.7. The molecule has 3 rings (SSSR count). The summed E-state index contributed by atoms with van der Waals surface area (Å²) in [5, 5.41) is 3.78. The summed E-state index contributed by atoms with van der Waals surface area (Å²) in [4.78, 5) is 0. The molecule has 2 aromatic carbocycles. The highest BCUT2D eigenvalue weighted by atomic mass is 15.0. The van der Waals surface area contributed by atoms with Crippen LogP contribution in [0.1, 0.15) is 70.9 Å². The Morgan fingerprint density at radius 2 is 1.28 bits per heavy atom. The van der Waals surface area contributed by atoms with E-state index < -0.39 is 0 Å². The Morgan fingerprint density at radius 3 is 1.76 bits per heavy atom. The Morgan fingerprint density at radius 1 is 0.800 bits per heavy atom. The number of piperidine rings is 1. The number of rotatable bonds is 4. The standard InChI is InChI=1S/C24H33N/c1-6-7-18-8-10-19(11-9-18)20-12-14-21(15-13-20)22-16-23(2,3)25-24(4,5)17-22/h8-15,22,25H,6-7,16-17H2,1-5H3. The van der Waals surface area contributed by atoms with Crippen LogP contribution in [0.3, 0.4) is 0 Å². The van der Waals surface area contributed by atoms with Crippen LogP contribution in [0.2, 0.25) is 0 Å². The first kappa shape index (κ1) is 18.2. The lowest BCUT2D eigenvalue weighted by molar-refractivity contribution is 0.162. The zero-order valence-electron chi connectivity index (χ0n) is 16.5. The third kappa shape index (κ3) is 4.52. The highest BCUT2D eigenvalue weighted by molar-refractivity contribution is 5.64. The Hall–Kier alpha value is -1.60. The second-order valence-electron chi connectivity index (χ2n) is 9.07. The molecule has 1 nitrogen and oxygen atoms in total. The summed E-state index contributed by atoms with van der Waals surface area (Å²) in [7, 11) is 0. The predicted molar refractivity (Wildman–Crippen MR) is 109 cm³/mol. The topological polar surface area (TPSA) is 12.0 Å². The van der Waals surface area contributed by atoms with Crippen LogP contribution in [0.4, 0.5) is 0 Å². The summed E-state index contributed by atoms with van der Waals surface area (Å²) in [5.41, 5.74) is 5.94. The molecule has 1 N–H and O–H groups in total. The van der Waals surface area contributed by atoms with Crippen molar-refractivity contribution >= 4 is 0 Å². The molecule has 134 valence electrons. The number of benzene rings is 2.